The smallest absolute Gasteiger partial charge is 0.246 e. The Kier molecular flexibility index (Phi) is 5.41. The zero-order chi connectivity index (χ0) is 20.2. The summed E-state index contributed by atoms with van der Waals surface area (Å²) in [5.74, 6) is 2.25. The highest BCUT2D eigenvalue weighted by Crippen LogP contribution is 2.41. The van der Waals surface area contributed by atoms with Crippen LogP contribution >= 0.6 is 0 Å². The monoisotopic (exact) mass is 393 g/mol. The molecule has 0 radical (unpaired) electrons. The normalized spacial score (nSPS) is 16.0. The zero-order valence-corrected chi connectivity index (χ0v) is 16.7. The van der Waals surface area contributed by atoms with Gasteiger partial charge in [0, 0.05) is 18.3 Å². The number of ether oxygens (including phenoxy) is 3. The SMILES string of the molecule is COc1cc(-c2cnnc(N3CCCC3c3ccccn3)n2)cc(OC)c1OC. The molecular formula is C21H23N5O3. The Hall–Kier alpha value is -3.42. The first-order valence-corrected chi connectivity index (χ1v) is 9.42. The summed E-state index contributed by atoms with van der Waals surface area (Å²) in [6, 6.07) is 9.83. The van der Waals surface area contributed by atoms with Crippen molar-refractivity contribution in [3.8, 4) is 28.5 Å². The molecule has 1 saturated heterocycles. The minimum atomic E-state index is 0.146. The van der Waals surface area contributed by atoms with Crippen LogP contribution in [0.4, 0.5) is 5.95 Å². The molecule has 150 valence electrons. The van der Waals surface area contributed by atoms with E-state index in [9.17, 15) is 0 Å². The van der Waals surface area contributed by atoms with E-state index >= 15 is 0 Å². The molecule has 8 nitrogen and oxygen atoms in total. The van der Waals surface area contributed by atoms with Crippen LogP contribution in [0.3, 0.4) is 0 Å². The van der Waals surface area contributed by atoms with Crippen molar-refractivity contribution in [2.45, 2.75) is 18.9 Å². The lowest BCUT2D eigenvalue weighted by Crippen LogP contribution is -2.25. The molecule has 1 atom stereocenters. The number of pyridine rings is 1. The Morgan fingerprint density at radius 1 is 1.03 bits per heavy atom. The molecule has 4 rings (SSSR count). The highest BCUT2D eigenvalue weighted by atomic mass is 16.5. The molecule has 0 spiro atoms. The van der Waals surface area contributed by atoms with E-state index in [1.165, 1.54) is 0 Å². The van der Waals surface area contributed by atoms with Gasteiger partial charge in [-0.15, -0.1) is 5.10 Å². The molecule has 0 amide bonds. The van der Waals surface area contributed by atoms with Gasteiger partial charge in [0.05, 0.1) is 45.0 Å². The molecule has 3 aromatic rings. The summed E-state index contributed by atoms with van der Waals surface area (Å²) < 4.78 is 16.3. The fraction of sp³-hybridized carbons (Fsp3) is 0.333. The van der Waals surface area contributed by atoms with Gasteiger partial charge < -0.3 is 19.1 Å². The largest absolute Gasteiger partial charge is 0.493 e. The maximum Gasteiger partial charge on any atom is 0.246 e. The topological polar surface area (TPSA) is 82.5 Å². The maximum atomic E-state index is 5.46. The predicted molar refractivity (Wildman–Crippen MR) is 108 cm³/mol. The standard InChI is InChI=1S/C21H23N5O3/c1-27-18-11-14(12-19(28-2)20(18)29-3)16-13-23-25-21(24-16)26-10-6-8-17(26)15-7-4-5-9-22-15/h4-5,7,9,11-13,17H,6,8,10H2,1-3H3. The maximum absolute atomic E-state index is 5.46. The summed E-state index contributed by atoms with van der Waals surface area (Å²) in [5, 5.41) is 8.49. The van der Waals surface area contributed by atoms with Crippen molar-refractivity contribution in [3.63, 3.8) is 0 Å². The van der Waals surface area contributed by atoms with Crippen LogP contribution in [0.25, 0.3) is 11.3 Å². The Bertz CT molecular complexity index is 958. The van der Waals surface area contributed by atoms with E-state index in [1.54, 1.807) is 27.5 Å². The Morgan fingerprint density at radius 3 is 2.48 bits per heavy atom. The van der Waals surface area contributed by atoms with E-state index in [2.05, 4.69) is 20.1 Å². The minimum Gasteiger partial charge on any atom is -0.493 e. The van der Waals surface area contributed by atoms with Gasteiger partial charge in [-0.3, -0.25) is 4.98 Å². The second kappa shape index (κ2) is 8.30. The van der Waals surface area contributed by atoms with E-state index in [4.69, 9.17) is 19.2 Å². The van der Waals surface area contributed by atoms with E-state index in [1.807, 2.05) is 36.5 Å². The first-order valence-electron chi connectivity index (χ1n) is 9.42. The first-order chi connectivity index (χ1) is 14.2. The molecule has 0 aliphatic carbocycles. The number of nitrogens with zero attached hydrogens (tertiary/aromatic N) is 5. The first kappa shape index (κ1) is 18.9. The summed E-state index contributed by atoms with van der Waals surface area (Å²) in [5.41, 5.74) is 2.51. The fourth-order valence-electron chi connectivity index (χ4n) is 3.67. The lowest BCUT2D eigenvalue weighted by Gasteiger charge is -2.24. The third-order valence-corrected chi connectivity index (χ3v) is 5.05. The summed E-state index contributed by atoms with van der Waals surface area (Å²) in [4.78, 5) is 11.5. The van der Waals surface area contributed by atoms with Crippen LogP contribution in [0, 0.1) is 0 Å². The number of hydrogen-bond acceptors (Lipinski definition) is 8. The average molecular weight is 393 g/mol. The molecule has 29 heavy (non-hydrogen) atoms. The molecule has 2 aromatic heterocycles. The van der Waals surface area contributed by atoms with Gasteiger partial charge in [-0.25, -0.2) is 4.98 Å². The Labute approximate surface area is 169 Å². The molecule has 1 aliphatic rings. The van der Waals surface area contributed by atoms with Gasteiger partial charge in [0.2, 0.25) is 11.7 Å². The molecular weight excluding hydrogens is 370 g/mol. The van der Waals surface area contributed by atoms with Gasteiger partial charge in [-0.2, -0.15) is 5.10 Å². The second-order valence-corrected chi connectivity index (χ2v) is 6.66. The second-order valence-electron chi connectivity index (χ2n) is 6.66. The molecule has 0 saturated carbocycles. The van der Waals surface area contributed by atoms with Crippen LogP contribution in [0.5, 0.6) is 17.2 Å². The molecule has 8 heteroatoms. The Balaban J connectivity index is 1.71. The van der Waals surface area contributed by atoms with Gasteiger partial charge in [0.1, 0.15) is 0 Å². The predicted octanol–water partition coefficient (Wildman–Crippen LogP) is 3.30. The van der Waals surface area contributed by atoms with E-state index in [-0.39, 0.29) is 6.04 Å². The molecule has 3 heterocycles. The van der Waals surface area contributed by atoms with Crippen LogP contribution in [0.2, 0.25) is 0 Å². The quantitative estimate of drug-likeness (QED) is 0.631. The number of benzene rings is 1. The van der Waals surface area contributed by atoms with Crippen molar-refractivity contribution in [2.75, 3.05) is 32.8 Å². The number of hydrogen-bond donors (Lipinski definition) is 0. The molecule has 1 fully saturated rings. The van der Waals surface area contributed by atoms with Crippen molar-refractivity contribution in [1.29, 1.82) is 0 Å². The molecule has 1 unspecified atom stereocenters. The molecule has 0 N–H and O–H groups in total. The molecule has 1 aliphatic heterocycles. The third kappa shape index (κ3) is 3.65. The van der Waals surface area contributed by atoms with Gasteiger partial charge in [-0.05, 0) is 37.1 Å². The van der Waals surface area contributed by atoms with Gasteiger partial charge >= 0.3 is 0 Å². The molecule has 0 bridgehead atoms. The van der Waals surface area contributed by atoms with Crippen LogP contribution in [0.1, 0.15) is 24.6 Å². The average Bonchev–Trinajstić information content (AvgIpc) is 3.28. The minimum absolute atomic E-state index is 0.146. The lowest BCUT2D eigenvalue weighted by atomic mass is 10.1. The lowest BCUT2D eigenvalue weighted by molar-refractivity contribution is 0.324. The van der Waals surface area contributed by atoms with E-state index in [0.29, 0.717) is 28.9 Å². The van der Waals surface area contributed by atoms with Gasteiger partial charge in [0.15, 0.2) is 11.5 Å². The highest BCUT2D eigenvalue weighted by molar-refractivity contribution is 5.68. The molecule has 1 aromatic carbocycles. The van der Waals surface area contributed by atoms with E-state index < -0.39 is 0 Å². The van der Waals surface area contributed by atoms with Crippen molar-refractivity contribution in [1.82, 2.24) is 20.2 Å². The van der Waals surface area contributed by atoms with Crippen molar-refractivity contribution >= 4 is 5.95 Å². The fourth-order valence-corrected chi connectivity index (χ4v) is 3.67. The Morgan fingerprint density at radius 2 is 1.83 bits per heavy atom. The van der Waals surface area contributed by atoms with Crippen molar-refractivity contribution in [3.05, 3.63) is 48.4 Å². The van der Waals surface area contributed by atoms with E-state index in [0.717, 1.165) is 30.6 Å². The van der Waals surface area contributed by atoms with Crippen molar-refractivity contribution in [2.24, 2.45) is 0 Å². The van der Waals surface area contributed by atoms with Crippen LogP contribution in [-0.2, 0) is 0 Å². The summed E-state index contributed by atoms with van der Waals surface area (Å²) in [7, 11) is 4.76. The van der Waals surface area contributed by atoms with Gasteiger partial charge in [-0.1, -0.05) is 6.07 Å². The number of aromatic nitrogens is 4. The van der Waals surface area contributed by atoms with Gasteiger partial charge in [0.25, 0.3) is 0 Å². The highest BCUT2D eigenvalue weighted by Gasteiger charge is 2.29. The van der Waals surface area contributed by atoms with Crippen molar-refractivity contribution < 1.29 is 14.2 Å². The zero-order valence-electron chi connectivity index (χ0n) is 16.7. The summed E-state index contributed by atoms with van der Waals surface area (Å²) in [6.07, 6.45) is 5.51. The summed E-state index contributed by atoms with van der Waals surface area (Å²) in [6.45, 7) is 0.863. The van der Waals surface area contributed by atoms with Crippen LogP contribution in [0.15, 0.2) is 42.7 Å². The van der Waals surface area contributed by atoms with Crippen LogP contribution in [-0.4, -0.2) is 48.0 Å². The number of methoxy groups -OCH3 is 3. The van der Waals surface area contributed by atoms with Crippen LogP contribution < -0.4 is 19.1 Å². The number of rotatable bonds is 6. The third-order valence-electron chi connectivity index (χ3n) is 5.05. The number of anilines is 1. The summed E-state index contributed by atoms with van der Waals surface area (Å²) >= 11 is 0.